The number of rotatable bonds is 4. The summed E-state index contributed by atoms with van der Waals surface area (Å²) in [5.74, 6) is -2.20. The van der Waals surface area contributed by atoms with Crippen LogP contribution in [0.3, 0.4) is 0 Å². The van der Waals surface area contributed by atoms with E-state index in [0.29, 0.717) is 0 Å². The summed E-state index contributed by atoms with van der Waals surface area (Å²) in [5.41, 5.74) is 9.71. The van der Waals surface area contributed by atoms with Crippen molar-refractivity contribution in [2.75, 3.05) is 0 Å². The van der Waals surface area contributed by atoms with Crippen LogP contribution in [0, 0.1) is 35.6 Å². The zero-order chi connectivity index (χ0) is 11.7. The number of carbonyl (C=O) groups is 2. The van der Waals surface area contributed by atoms with E-state index in [4.69, 9.17) is 21.7 Å². The Bertz CT molecular complexity index is 223. The molecule has 0 aromatic heterocycles. The van der Waals surface area contributed by atoms with Crippen LogP contribution >= 0.6 is 24.8 Å². The molecule has 9 heteroatoms. The maximum Gasteiger partial charge on any atom is 0.320 e. The third kappa shape index (κ3) is 25.0. The predicted molar refractivity (Wildman–Crippen MR) is 58.3 cm³/mol. The first kappa shape index (κ1) is 20.7. The molecule has 15 heavy (non-hydrogen) atoms. The summed E-state index contributed by atoms with van der Waals surface area (Å²) in [5, 5.41) is 16.3. The molecule has 0 heterocycles. The van der Waals surface area contributed by atoms with Crippen molar-refractivity contribution in [2.24, 2.45) is 11.5 Å². The molecule has 6 N–H and O–H groups in total. The average molecular weight is 379 g/mol. The predicted octanol–water partition coefficient (Wildman–Crippen LogP) is -0.577. The largest absolute Gasteiger partial charge is 0.481 e. The first-order chi connectivity index (χ1) is 6.27. The molecule has 0 unspecified atom stereocenters. The van der Waals surface area contributed by atoms with Gasteiger partial charge in [0.25, 0.3) is 0 Å². The molecule has 0 aliphatic carbocycles. The zero-order valence-electron chi connectivity index (χ0n) is 7.79. The second-order valence-electron chi connectivity index (χ2n) is 2.22. The summed E-state index contributed by atoms with van der Waals surface area (Å²) in [6.45, 7) is 0. The molecule has 6 nitrogen and oxygen atoms in total. The number of thiol groups is 1. The van der Waals surface area contributed by atoms with Gasteiger partial charge in [0, 0.05) is 42.0 Å². The molecule has 85 valence electrons. The minimum absolute atomic E-state index is 0. The van der Waals surface area contributed by atoms with Gasteiger partial charge in [-0.15, -0.1) is 12.6 Å². The first-order valence-corrected chi connectivity index (χ1v) is 4.31. The molecule has 0 rings (SSSR count). The van der Waals surface area contributed by atoms with Gasteiger partial charge in [0.15, 0.2) is 0 Å². The normalized spacial score (nSPS) is 10.0. The van der Waals surface area contributed by atoms with Gasteiger partial charge in [0.2, 0.25) is 0 Å². The summed E-state index contributed by atoms with van der Waals surface area (Å²) in [7, 11) is 0. The molecule has 0 aliphatic rings. The van der Waals surface area contributed by atoms with Gasteiger partial charge >= 0.3 is 11.9 Å². The van der Waals surface area contributed by atoms with E-state index in [0.717, 1.165) is 0 Å². The smallest absolute Gasteiger partial charge is 0.320 e. The van der Waals surface area contributed by atoms with Crippen LogP contribution < -0.4 is 11.5 Å². The molecule has 0 saturated carbocycles. The van der Waals surface area contributed by atoms with E-state index < -0.39 is 18.0 Å². The molecular formula is C6H12LaN2O4S2. The number of hydrogen-bond donors (Lipinski definition) is 5. The fourth-order valence-electron chi connectivity index (χ4n) is 0.402. The van der Waals surface area contributed by atoms with Crippen molar-refractivity contribution in [1.82, 2.24) is 0 Å². The molecule has 0 amide bonds. The van der Waals surface area contributed by atoms with Crippen LogP contribution in [0.4, 0.5) is 0 Å². The molecule has 1 atom stereocenters. The fraction of sp³-hybridized carbons (Fsp3) is 0.500. The van der Waals surface area contributed by atoms with Crippen LogP contribution in [0.1, 0.15) is 12.8 Å². The van der Waals surface area contributed by atoms with Crippen molar-refractivity contribution in [3.63, 3.8) is 0 Å². The van der Waals surface area contributed by atoms with Gasteiger partial charge in [-0.3, -0.25) is 9.59 Å². The van der Waals surface area contributed by atoms with E-state index >= 15 is 0 Å². The second kappa shape index (κ2) is 12.4. The van der Waals surface area contributed by atoms with Crippen molar-refractivity contribution in [1.29, 1.82) is 0 Å². The minimum atomic E-state index is -1.17. The standard InChI is InChI=1S/C5H9NO4.CH3NS2.La/c6-3(5(9)10)1-2-4(7)8;2-1(3)4;/h3H,1-2,6H2,(H,7,8)(H,9,10);(H3,2,3,4);/t3-;;/m0../s1. The van der Waals surface area contributed by atoms with Crippen molar-refractivity contribution in [3.8, 4) is 0 Å². The molecule has 0 saturated heterocycles. The summed E-state index contributed by atoms with van der Waals surface area (Å²) in [4.78, 5) is 19.9. The van der Waals surface area contributed by atoms with Crippen LogP contribution in [-0.2, 0) is 9.59 Å². The zero-order valence-corrected chi connectivity index (χ0v) is 13.1. The van der Waals surface area contributed by atoms with E-state index in [1.807, 2.05) is 0 Å². The fourth-order valence-corrected chi connectivity index (χ4v) is 0.402. The quantitative estimate of drug-likeness (QED) is 0.327. The molecule has 1 radical (unpaired) electrons. The maximum absolute atomic E-state index is 9.99. The van der Waals surface area contributed by atoms with E-state index in [1.165, 1.54) is 0 Å². The maximum atomic E-state index is 9.99. The molecule has 0 bridgehead atoms. The number of thiocarbonyl (C=S) groups is 1. The van der Waals surface area contributed by atoms with Crippen molar-refractivity contribution in [2.45, 2.75) is 18.9 Å². The molecular weight excluding hydrogens is 367 g/mol. The third-order valence-electron chi connectivity index (χ3n) is 0.986. The van der Waals surface area contributed by atoms with Crippen molar-refractivity contribution >= 4 is 41.1 Å². The molecule has 0 aliphatic heterocycles. The van der Waals surface area contributed by atoms with Gasteiger partial charge < -0.3 is 21.7 Å². The van der Waals surface area contributed by atoms with Crippen LogP contribution in [0.2, 0.25) is 0 Å². The number of carboxylic acid groups (broad SMARTS) is 2. The summed E-state index contributed by atoms with van der Waals surface area (Å²) >= 11 is 7.65. The van der Waals surface area contributed by atoms with Gasteiger partial charge in [0.1, 0.15) is 10.4 Å². The minimum Gasteiger partial charge on any atom is -0.481 e. The summed E-state index contributed by atoms with van der Waals surface area (Å²) < 4.78 is 0.194. The van der Waals surface area contributed by atoms with Crippen LogP contribution in [0.5, 0.6) is 0 Å². The Kier molecular flexibility index (Phi) is 17.1. The third-order valence-corrected chi connectivity index (χ3v) is 0.986. The number of nitrogens with two attached hydrogens (primary N) is 2. The van der Waals surface area contributed by atoms with Crippen LogP contribution in [0.15, 0.2) is 0 Å². The molecule has 0 aromatic carbocycles. The Morgan fingerprint density at radius 1 is 1.40 bits per heavy atom. The van der Waals surface area contributed by atoms with Gasteiger partial charge in [-0.2, -0.15) is 0 Å². The Labute approximate surface area is 126 Å². The van der Waals surface area contributed by atoms with E-state index in [-0.39, 0.29) is 52.8 Å². The van der Waals surface area contributed by atoms with Gasteiger partial charge in [-0.1, -0.05) is 12.2 Å². The van der Waals surface area contributed by atoms with E-state index in [9.17, 15) is 9.59 Å². The SMILES string of the molecule is NC(=S)S.N[C@@H](CCC(=O)O)C(=O)O.[La]. The Hall–Kier alpha value is 0.335. The average Bonchev–Trinajstić information content (AvgIpc) is 1.98. The topological polar surface area (TPSA) is 127 Å². The second-order valence-corrected chi connectivity index (χ2v) is 3.44. The van der Waals surface area contributed by atoms with E-state index in [2.05, 4.69) is 24.8 Å². The first-order valence-electron chi connectivity index (χ1n) is 3.46. The van der Waals surface area contributed by atoms with Crippen molar-refractivity contribution < 1.29 is 55.4 Å². The summed E-state index contributed by atoms with van der Waals surface area (Å²) in [6, 6.07) is -1.06. The molecule has 0 aromatic rings. The Morgan fingerprint density at radius 2 is 1.73 bits per heavy atom. The number of carboxylic acids is 2. The van der Waals surface area contributed by atoms with Crippen LogP contribution in [-0.4, -0.2) is 32.5 Å². The monoisotopic (exact) mass is 379 g/mol. The van der Waals surface area contributed by atoms with Gasteiger partial charge in [-0.05, 0) is 6.42 Å². The number of hydrogen-bond acceptors (Lipinski definition) is 4. The number of aliphatic carboxylic acids is 2. The summed E-state index contributed by atoms with van der Waals surface area (Å²) in [6.07, 6.45) is -0.224. The Balaban J connectivity index is -0.000000249. The van der Waals surface area contributed by atoms with Crippen molar-refractivity contribution in [3.05, 3.63) is 0 Å². The Morgan fingerprint density at radius 3 is 1.93 bits per heavy atom. The van der Waals surface area contributed by atoms with E-state index in [1.54, 1.807) is 0 Å². The van der Waals surface area contributed by atoms with Crippen LogP contribution in [0.25, 0.3) is 0 Å². The van der Waals surface area contributed by atoms with Gasteiger partial charge in [0.05, 0.1) is 0 Å². The van der Waals surface area contributed by atoms with Gasteiger partial charge in [-0.25, -0.2) is 0 Å². The molecule has 0 spiro atoms. The molecule has 0 fully saturated rings.